The van der Waals surface area contributed by atoms with Crippen molar-refractivity contribution in [1.82, 2.24) is 0 Å². The van der Waals surface area contributed by atoms with Gasteiger partial charge in [0.25, 0.3) is 0 Å². The van der Waals surface area contributed by atoms with Crippen LogP contribution in [0.3, 0.4) is 0 Å². The van der Waals surface area contributed by atoms with E-state index in [4.69, 9.17) is 9.29 Å². The van der Waals surface area contributed by atoms with E-state index >= 15 is 0 Å². The quantitative estimate of drug-likeness (QED) is 0.261. The van der Waals surface area contributed by atoms with E-state index in [-0.39, 0.29) is 23.5 Å². The zero-order valence-corrected chi connectivity index (χ0v) is 19.8. The lowest BCUT2D eigenvalue weighted by atomic mass is 10.1. The van der Waals surface area contributed by atoms with Crippen molar-refractivity contribution in [3.8, 4) is 5.75 Å². The summed E-state index contributed by atoms with van der Waals surface area (Å²) in [5.41, 5.74) is 0.233. The second kappa shape index (κ2) is 9.69. The predicted molar refractivity (Wildman–Crippen MR) is 116 cm³/mol. The molecule has 13 heteroatoms. The monoisotopic (exact) mass is 668 g/mol. The molecule has 2 N–H and O–H groups in total. The molecule has 8 nitrogen and oxygen atoms in total. The van der Waals surface area contributed by atoms with Crippen molar-refractivity contribution in [3.05, 3.63) is 60.2 Å². The molecule has 0 spiro atoms. The van der Waals surface area contributed by atoms with Crippen molar-refractivity contribution >= 4 is 67.2 Å². The van der Waals surface area contributed by atoms with Gasteiger partial charge in [-0.1, -0.05) is 6.07 Å². The summed E-state index contributed by atoms with van der Waals surface area (Å²) in [7, 11) is -5.75. The average molecular weight is 668 g/mol. The summed E-state index contributed by atoms with van der Waals surface area (Å²) in [6.45, 7) is -2.02. The van der Waals surface area contributed by atoms with Crippen LogP contribution in [0.4, 0.5) is 8.78 Å². The fourth-order valence-corrected chi connectivity index (χ4v) is 4.12. The van der Waals surface area contributed by atoms with E-state index in [2.05, 4.69) is 4.74 Å². The zero-order chi connectivity index (χ0) is 22.7. The minimum Gasteiger partial charge on any atom is -0.506 e. The molecule has 0 saturated heterocycles. The SMILES string of the molecule is O=C(OCc1cc(I)c(O)c(I)c1)c1cccc(C(=O)OCC(F)(F)S(=O)(=O)O)c1. The standard InChI is InChI=1S/C17H12F2I2O8S/c18-17(19,30(25,26)27)8-29-16(24)11-3-1-2-10(6-11)15(23)28-7-9-4-12(20)14(22)13(21)5-9/h1-6,22H,7-8H2,(H,25,26,27). The highest BCUT2D eigenvalue weighted by molar-refractivity contribution is 14.1. The van der Waals surface area contributed by atoms with Crippen LogP contribution >= 0.6 is 45.2 Å². The fraction of sp³-hybridized carbons (Fsp3) is 0.176. The summed E-state index contributed by atoms with van der Waals surface area (Å²) >= 11 is 3.84. The number of benzene rings is 2. The maximum atomic E-state index is 13.2. The van der Waals surface area contributed by atoms with Crippen LogP contribution in [0.1, 0.15) is 26.3 Å². The third-order valence-electron chi connectivity index (χ3n) is 3.53. The molecular formula is C17H12F2I2O8S. The Morgan fingerprint density at radius 2 is 1.50 bits per heavy atom. The van der Waals surface area contributed by atoms with Crippen molar-refractivity contribution < 1.29 is 45.9 Å². The van der Waals surface area contributed by atoms with Gasteiger partial charge in [-0.25, -0.2) is 9.59 Å². The van der Waals surface area contributed by atoms with Crippen LogP contribution in [0.25, 0.3) is 0 Å². The van der Waals surface area contributed by atoms with Crippen molar-refractivity contribution in [2.24, 2.45) is 0 Å². The number of halogens is 4. The first-order valence-electron chi connectivity index (χ1n) is 7.78. The molecule has 2 aromatic carbocycles. The van der Waals surface area contributed by atoms with Gasteiger partial charge in [0.1, 0.15) is 12.4 Å². The molecule has 2 aromatic rings. The first kappa shape index (κ1) is 24.7. The molecule has 0 bridgehead atoms. The Bertz CT molecular complexity index is 1070. The Balaban J connectivity index is 2.05. The van der Waals surface area contributed by atoms with Gasteiger partial charge in [0, 0.05) is 0 Å². The first-order chi connectivity index (χ1) is 13.8. The number of phenols is 1. The first-order valence-corrected chi connectivity index (χ1v) is 11.4. The Morgan fingerprint density at radius 1 is 1.00 bits per heavy atom. The van der Waals surface area contributed by atoms with Gasteiger partial charge in [-0.2, -0.15) is 17.2 Å². The molecule has 0 heterocycles. The van der Waals surface area contributed by atoms with Crippen LogP contribution in [0.5, 0.6) is 5.75 Å². The van der Waals surface area contributed by atoms with E-state index < -0.39 is 33.9 Å². The maximum Gasteiger partial charge on any atom is 0.402 e. The van der Waals surface area contributed by atoms with Crippen molar-refractivity contribution in [2.75, 3.05) is 6.61 Å². The summed E-state index contributed by atoms with van der Waals surface area (Å²) in [6, 6.07) is 8.02. The summed E-state index contributed by atoms with van der Waals surface area (Å²) in [6.07, 6.45) is 0. The molecule has 0 aliphatic carbocycles. The van der Waals surface area contributed by atoms with Crippen molar-refractivity contribution in [2.45, 2.75) is 11.9 Å². The molecule has 0 unspecified atom stereocenters. The Labute approximate surface area is 196 Å². The van der Waals surface area contributed by atoms with Gasteiger partial charge < -0.3 is 14.6 Å². The van der Waals surface area contributed by atoms with Crippen molar-refractivity contribution in [3.63, 3.8) is 0 Å². The Morgan fingerprint density at radius 3 is 2.00 bits per heavy atom. The number of alkyl halides is 2. The highest BCUT2D eigenvalue weighted by atomic mass is 127. The maximum absolute atomic E-state index is 13.2. The van der Waals surface area contributed by atoms with Crippen LogP contribution in [-0.2, 0) is 26.2 Å². The number of ether oxygens (including phenoxy) is 2. The van der Waals surface area contributed by atoms with Crippen molar-refractivity contribution in [1.29, 1.82) is 0 Å². The van der Waals surface area contributed by atoms with Gasteiger partial charge in [0.15, 0.2) is 6.61 Å². The highest BCUT2D eigenvalue weighted by Crippen LogP contribution is 2.28. The molecule has 2 rings (SSSR count). The van der Waals surface area contributed by atoms with Gasteiger partial charge in [-0.3, -0.25) is 4.55 Å². The lowest BCUT2D eigenvalue weighted by molar-refractivity contribution is -0.00950. The summed E-state index contributed by atoms with van der Waals surface area (Å²) in [5.74, 6) is -2.03. The number of phenolic OH excluding ortho intramolecular Hbond substituents is 1. The molecule has 0 aliphatic heterocycles. The molecule has 162 valence electrons. The zero-order valence-electron chi connectivity index (χ0n) is 14.6. The van der Waals surface area contributed by atoms with Gasteiger partial charge in [-0.15, -0.1) is 0 Å². The van der Waals surface area contributed by atoms with E-state index in [1.165, 1.54) is 12.1 Å². The highest BCUT2D eigenvalue weighted by Gasteiger charge is 2.45. The largest absolute Gasteiger partial charge is 0.506 e. The van der Waals surface area contributed by atoms with Gasteiger partial charge >= 0.3 is 27.3 Å². The van der Waals surface area contributed by atoms with Gasteiger partial charge in [0.2, 0.25) is 0 Å². The number of rotatable bonds is 7. The van der Waals surface area contributed by atoms with E-state index in [1.54, 1.807) is 12.1 Å². The average Bonchev–Trinajstić information content (AvgIpc) is 2.67. The van der Waals surface area contributed by atoms with E-state index in [1.807, 2.05) is 45.2 Å². The molecule has 0 saturated carbocycles. The number of hydrogen-bond donors (Lipinski definition) is 2. The molecule has 0 fully saturated rings. The number of esters is 2. The predicted octanol–water partition coefficient (Wildman–Crippen LogP) is 3.60. The van der Waals surface area contributed by atoms with Crippen LogP contribution in [0, 0.1) is 7.14 Å². The molecule has 0 atom stereocenters. The number of carbonyl (C=O) groups excluding carboxylic acids is 2. The molecule has 0 aliphatic rings. The Hall–Kier alpha value is -1.59. The van der Waals surface area contributed by atoms with E-state index in [0.717, 1.165) is 12.1 Å². The minimum atomic E-state index is -5.75. The molecule has 0 aromatic heterocycles. The topological polar surface area (TPSA) is 127 Å². The van der Waals surface area contributed by atoms with E-state index in [9.17, 15) is 31.9 Å². The third kappa shape index (κ3) is 6.21. The smallest absolute Gasteiger partial charge is 0.402 e. The number of hydrogen-bond acceptors (Lipinski definition) is 7. The van der Waals surface area contributed by atoms with Crippen LogP contribution in [-0.4, -0.2) is 41.9 Å². The molecule has 0 radical (unpaired) electrons. The lowest BCUT2D eigenvalue weighted by Crippen LogP contribution is -2.34. The van der Waals surface area contributed by atoms with Gasteiger partial charge in [-0.05, 0) is 81.1 Å². The van der Waals surface area contributed by atoms with Crippen LogP contribution in [0.15, 0.2) is 36.4 Å². The van der Waals surface area contributed by atoms with Gasteiger partial charge in [0.05, 0.1) is 18.3 Å². The number of aromatic hydroxyl groups is 1. The Kier molecular flexibility index (Phi) is 7.97. The van der Waals surface area contributed by atoms with Crippen LogP contribution < -0.4 is 0 Å². The number of carbonyl (C=O) groups is 2. The summed E-state index contributed by atoms with van der Waals surface area (Å²) in [4.78, 5) is 24.1. The molecule has 0 amide bonds. The minimum absolute atomic E-state index is 0.0748. The normalized spacial score (nSPS) is 11.8. The molecule has 30 heavy (non-hydrogen) atoms. The summed E-state index contributed by atoms with van der Waals surface area (Å²) in [5, 5.41) is 5.08. The molecular weight excluding hydrogens is 656 g/mol. The van der Waals surface area contributed by atoms with E-state index in [0.29, 0.717) is 12.7 Å². The second-order valence-electron chi connectivity index (χ2n) is 5.75. The lowest BCUT2D eigenvalue weighted by Gasteiger charge is -2.13. The second-order valence-corrected chi connectivity index (χ2v) is 9.63. The summed E-state index contributed by atoms with van der Waals surface area (Å²) < 4.78 is 66.3. The van der Waals surface area contributed by atoms with Crippen LogP contribution in [0.2, 0.25) is 0 Å². The fourth-order valence-electron chi connectivity index (χ4n) is 2.01. The third-order valence-corrected chi connectivity index (χ3v) is 6.05.